The van der Waals surface area contributed by atoms with Crippen molar-refractivity contribution < 1.29 is 24.2 Å². The van der Waals surface area contributed by atoms with Crippen molar-refractivity contribution in [2.24, 2.45) is 0 Å². The third-order valence-corrected chi connectivity index (χ3v) is 6.51. The van der Waals surface area contributed by atoms with Crippen molar-refractivity contribution in [1.29, 1.82) is 0 Å². The Bertz CT molecular complexity index is 1240. The Morgan fingerprint density at radius 1 is 1.27 bits per heavy atom. The molecule has 3 aromatic heterocycles. The standard InChI is InChI=1S/C24H23N3O5S/c1-4-32-24(31)19-13(2)17(14(3)26-19)21(28)18-20(16-8-6-10-33-16)27(23(30)22(18)29)12-15-7-5-9-25-11-15/h5-11,20,26,28H,4,12H2,1-3H3/b21-18+. The molecular weight excluding hydrogens is 442 g/mol. The summed E-state index contributed by atoms with van der Waals surface area (Å²) in [5.74, 6) is -2.34. The lowest BCUT2D eigenvalue weighted by Crippen LogP contribution is -2.28. The molecule has 1 fully saturated rings. The van der Waals surface area contributed by atoms with E-state index >= 15 is 0 Å². The summed E-state index contributed by atoms with van der Waals surface area (Å²) in [5, 5.41) is 13.2. The Morgan fingerprint density at radius 2 is 2.06 bits per heavy atom. The van der Waals surface area contributed by atoms with Crippen LogP contribution in [0.1, 0.15) is 50.7 Å². The summed E-state index contributed by atoms with van der Waals surface area (Å²) in [5.41, 5.74) is 2.22. The van der Waals surface area contributed by atoms with Gasteiger partial charge in [0.15, 0.2) is 0 Å². The second kappa shape index (κ2) is 9.03. The zero-order valence-corrected chi connectivity index (χ0v) is 19.2. The molecule has 1 amide bonds. The van der Waals surface area contributed by atoms with Gasteiger partial charge in [0.1, 0.15) is 11.5 Å². The number of aliphatic hydroxyl groups excluding tert-OH is 1. The molecule has 1 unspecified atom stereocenters. The number of likely N-dealkylation sites (tertiary alicyclic amines) is 1. The first-order chi connectivity index (χ1) is 15.8. The number of hydrogen-bond donors (Lipinski definition) is 2. The lowest BCUT2D eigenvalue weighted by Gasteiger charge is -2.24. The van der Waals surface area contributed by atoms with E-state index in [0.717, 1.165) is 10.4 Å². The molecule has 0 bridgehead atoms. The molecule has 0 aromatic carbocycles. The van der Waals surface area contributed by atoms with Gasteiger partial charge in [-0.3, -0.25) is 14.6 Å². The number of nitrogens with zero attached hydrogens (tertiary/aromatic N) is 2. The molecule has 33 heavy (non-hydrogen) atoms. The fraction of sp³-hybridized carbons (Fsp3) is 0.250. The number of nitrogens with one attached hydrogen (secondary N) is 1. The number of aromatic amines is 1. The summed E-state index contributed by atoms with van der Waals surface area (Å²) in [6, 6.07) is 6.48. The maximum Gasteiger partial charge on any atom is 0.355 e. The molecule has 2 N–H and O–H groups in total. The first-order valence-corrected chi connectivity index (χ1v) is 11.3. The number of pyridine rings is 1. The van der Waals surface area contributed by atoms with Gasteiger partial charge >= 0.3 is 5.97 Å². The van der Waals surface area contributed by atoms with Crippen LogP contribution in [0.15, 0.2) is 47.6 Å². The average molecular weight is 466 g/mol. The van der Waals surface area contributed by atoms with Crippen LogP contribution in [0.2, 0.25) is 0 Å². The summed E-state index contributed by atoms with van der Waals surface area (Å²) in [6.45, 7) is 5.43. The number of carbonyl (C=O) groups excluding carboxylic acids is 3. The number of Topliss-reactive ketones (excluding diaryl/α,β-unsaturated/α-hetero) is 1. The Balaban J connectivity index is 1.85. The minimum Gasteiger partial charge on any atom is -0.507 e. The van der Waals surface area contributed by atoms with Crippen LogP contribution in [0.5, 0.6) is 0 Å². The monoisotopic (exact) mass is 465 g/mol. The van der Waals surface area contributed by atoms with Crippen molar-refractivity contribution in [2.75, 3.05) is 6.61 Å². The zero-order valence-electron chi connectivity index (χ0n) is 18.4. The normalized spacial score (nSPS) is 17.5. The predicted octanol–water partition coefficient (Wildman–Crippen LogP) is 3.89. The van der Waals surface area contributed by atoms with Crippen molar-refractivity contribution in [3.63, 3.8) is 0 Å². The molecule has 0 spiro atoms. The number of ether oxygens (including phenoxy) is 1. The van der Waals surface area contributed by atoms with Crippen molar-refractivity contribution in [3.05, 3.63) is 80.6 Å². The van der Waals surface area contributed by atoms with E-state index in [0.29, 0.717) is 16.8 Å². The summed E-state index contributed by atoms with van der Waals surface area (Å²) in [6.07, 6.45) is 3.27. The van der Waals surface area contributed by atoms with E-state index in [2.05, 4.69) is 9.97 Å². The molecule has 1 atom stereocenters. The summed E-state index contributed by atoms with van der Waals surface area (Å²) in [4.78, 5) is 47.8. The van der Waals surface area contributed by atoms with E-state index in [1.165, 1.54) is 16.2 Å². The first kappa shape index (κ1) is 22.5. The van der Waals surface area contributed by atoms with Gasteiger partial charge in [0, 0.05) is 35.1 Å². The Labute approximate surface area is 194 Å². The smallest absolute Gasteiger partial charge is 0.355 e. The number of H-pyrrole nitrogens is 1. The summed E-state index contributed by atoms with van der Waals surface area (Å²) in [7, 11) is 0. The zero-order chi connectivity index (χ0) is 23.7. The maximum absolute atomic E-state index is 13.2. The van der Waals surface area contributed by atoms with Gasteiger partial charge in [0.25, 0.3) is 11.7 Å². The molecule has 1 saturated heterocycles. The number of ketones is 1. The summed E-state index contributed by atoms with van der Waals surface area (Å²) < 4.78 is 5.08. The highest BCUT2D eigenvalue weighted by atomic mass is 32.1. The predicted molar refractivity (Wildman–Crippen MR) is 123 cm³/mol. The fourth-order valence-corrected chi connectivity index (χ4v) is 4.97. The van der Waals surface area contributed by atoms with Gasteiger partial charge in [0.05, 0.1) is 18.2 Å². The Morgan fingerprint density at radius 3 is 2.70 bits per heavy atom. The van der Waals surface area contributed by atoms with Crippen LogP contribution >= 0.6 is 11.3 Å². The topological polar surface area (TPSA) is 113 Å². The van der Waals surface area contributed by atoms with Crippen molar-refractivity contribution >= 4 is 34.8 Å². The first-order valence-electron chi connectivity index (χ1n) is 10.4. The number of carbonyl (C=O) groups is 3. The molecule has 0 saturated carbocycles. The van der Waals surface area contributed by atoms with Gasteiger partial charge in [-0.2, -0.15) is 0 Å². The molecule has 8 nitrogen and oxygen atoms in total. The van der Waals surface area contributed by atoms with Crippen LogP contribution < -0.4 is 0 Å². The van der Waals surface area contributed by atoms with Gasteiger partial charge in [-0.1, -0.05) is 12.1 Å². The van der Waals surface area contributed by atoms with Gasteiger partial charge in [-0.15, -0.1) is 11.3 Å². The molecule has 3 aromatic rings. The highest BCUT2D eigenvalue weighted by Crippen LogP contribution is 2.42. The molecule has 0 radical (unpaired) electrons. The van der Waals surface area contributed by atoms with Gasteiger partial charge < -0.3 is 19.7 Å². The lowest BCUT2D eigenvalue weighted by molar-refractivity contribution is -0.140. The van der Waals surface area contributed by atoms with E-state index in [4.69, 9.17) is 4.74 Å². The summed E-state index contributed by atoms with van der Waals surface area (Å²) >= 11 is 1.39. The lowest BCUT2D eigenvalue weighted by atomic mass is 9.97. The van der Waals surface area contributed by atoms with Gasteiger partial charge in [-0.25, -0.2) is 4.79 Å². The van der Waals surface area contributed by atoms with E-state index < -0.39 is 23.7 Å². The van der Waals surface area contributed by atoms with Crippen LogP contribution in [-0.4, -0.2) is 44.2 Å². The minimum atomic E-state index is -0.771. The number of esters is 1. The van der Waals surface area contributed by atoms with Crippen molar-refractivity contribution in [1.82, 2.24) is 14.9 Å². The second-order valence-electron chi connectivity index (χ2n) is 7.65. The number of thiophene rings is 1. The molecule has 9 heteroatoms. The van der Waals surface area contributed by atoms with Crippen molar-refractivity contribution in [2.45, 2.75) is 33.4 Å². The van der Waals surface area contributed by atoms with E-state index in [1.54, 1.807) is 39.2 Å². The van der Waals surface area contributed by atoms with Crippen LogP contribution in [0, 0.1) is 13.8 Å². The number of rotatable bonds is 6. The number of amides is 1. The minimum absolute atomic E-state index is 0.00745. The quantitative estimate of drug-likeness (QED) is 0.247. The van der Waals surface area contributed by atoms with E-state index in [1.807, 2.05) is 23.6 Å². The third-order valence-electron chi connectivity index (χ3n) is 5.58. The third kappa shape index (κ3) is 3.95. The Kier molecular flexibility index (Phi) is 6.15. The van der Waals surface area contributed by atoms with Crippen LogP contribution in [0.4, 0.5) is 0 Å². The molecule has 4 heterocycles. The molecule has 170 valence electrons. The van der Waals surface area contributed by atoms with Crippen LogP contribution in [0.3, 0.4) is 0 Å². The van der Waals surface area contributed by atoms with Gasteiger partial charge in [0.2, 0.25) is 0 Å². The highest BCUT2D eigenvalue weighted by Gasteiger charge is 2.47. The molecule has 1 aliphatic rings. The number of aliphatic hydroxyl groups is 1. The maximum atomic E-state index is 13.2. The highest BCUT2D eigenvalue weighted by molar-refractivity contribution is 7.10. The largest absolute Gasteiger partial charge is 0.507 e. The van der Waals surface area contributed by atoms with Crippen molar-refractivity contribution in [3.8, 4) is 0 Å². The number of aryl methyl sites for hydroxylation is 1. The van der Waals surface area contributed by atoms with Crippen LogP contribution in [0.25, 0.3) is 5.76 Å². The molecule has 4 rings (SSSR count). The molecule has 1 aliphatic heterocycles. The molecule has 0 aliphatic carbocycles. The SMILES string of the molecule is CCOC(=O)c1[nH]c(C)c(/C(O)=C2\C(=O)C(=O)N(Cc3cccnc3)C2c2cccs2)c1C. The fourth-order valence-electron chi connectivity index (χ4n) is 4.12. The van der Waals surface area contributed by atoms with E-state index in [-0.39, 0.29) is 30.2 Å². The average Bonchev–Trinajstić information content (AvgIpc) is 3.48. The molecular formula is C24H23N3O5S. The number of aromatic nitrogens is 2. The van der Waals surface area contributed by atoms with E-state index in [9.17, 15) is 19.5 Å². The van der Waals surface area contributed by atoms with Gasteiger partial charge in [-0.05, 0) is 49.4 Å². The number of hydrogen-bond acceptors (Lipinski definition) is 7. The second-order valence-corrected chi connectivity index (χ2v) is 8.63. The Hall–Kier alpha value is -3.72. The van der Waals surface area contributed by atoms with Crippen LogP contribution in [-0.2, 0) is 20.9 Å².